The Kier molecular flexibility index (Phi) is 8.81. The molecule has 1 heterocycles. The Morgan fingerprint density at radius 2 is 1.83 bits per heavy atom. The second-order valence-electron chi connectivity index (χ2n) is 6.41. The highest BCUT2D eigenvalue weighted by Gasteiger charge is 2.12. The molecule has 0 atom stereocenters. The molecule has 1 amide bonds. The first kappa shape index (κ1) is 18.9. The Labute approximate surface area is 145 Å². The predicted octanol–water partition coefficient (Wildman–Crippen LogP) is 1.91. The van der Waals surface area contributed by atoms with E-state index in [1.807, 2.05) is 6.07 Å². The van der Waals surface area contributed by atoms with Gasteiger partial charge < -0.3 is 15.4 Å². The van der Waals surface area contributed by atoms with Crippen LogP contribution in [0.1, 0.15) is 36.8 Å². The summed E-state index contributed by atoms with van der Waals surface area (Å²) in [5.74, 6) is 0.0238. The molecule has 5 heteroatoms. The van der Waals surface area contributed by atoms with E-state index in [1.54, 1.807) is 7.11 Å². The van der Waals surface area contributed by atoms with Crippen LogP contribution in [0.4, 0.5) is 0 Å². The first-order valence-corrected chi connectivity index (χ1v) is 9.05. The highest BCUT2D eigenvalue weighted by atomic mass is 16.5. The van der Waals surface area contributed by atoms with Crippen molar-refractivity contribution in [2.24, 2.45) is 0 Å². The second kappa shape index (κ2) is 11.2. The van der Waals surface area contributed by atoms with Crippen molar-refractivity contribution in [1.82, 2.24) is 15.5 Å². The van der Waals surface area contributed by atoms with Gasteiger partial charge in [0.25, 0.3) is 0 Å². The van der Waals surface area contributed by atoms with E-state index in [0.717, 1.165) is 6.54 Å². The lowest BCUT2D eigenvalue weighted by molar-refractivity contribution is -0.120. The van der Waals surface area contributed by atoms with Crippen LogP contribution in [0.15, 0.2) is 24.3 Å². The lowest BCUT2D eigenvalue weighted by Crippen LogP contribution is -2.35. The van der Waals surface area contributed by atoms with E-state index in [9.17, 15) is 4.79 Å². The average Bonchev–Trinajstić information content (AvgIpc) is 2.87. The van der Waals surface area contributed by atoms with Crippen LogP contribution in [0.25, 0.3) is 0 Å². The van der Waals surface area contributed by atoms with Crippen LogP contribution in [0.2, 0.25) is 0 Å². The maximum atomic E-state index is 11.9. The molecule has 1 fully saturated rings. The molecular weight excluding hydrogens is 302 g/mol. The van der Waals surface area contributed by atoms with Gasteiger partial charge in [-0.3, -0.25) is 9.69 Å². The average molecular weight is 333 g/mol. The van der Waals surface area contributed by atoms with Crippen LogP contribution < -0.4 is 10.6 Å². The predicted molar refractivity (Wildman–Crippen MR) is 96.8 cm³/mol. The number of hydrogen-bond acceptors (Lipinski definition) is 4. The molecule has 24 heavy (non-hydrogen) atoms. The smallest absolute Gasteiger partial charge is 0.234 e. The van der Waals surface area contributed by atoms with E-state index in [1.165, 1.54) is 49.9 Å². The third-order valence-corrected chi connectivity index (χ3v) is 4.46. The standard InChI is InChI=1S/C19H31N3O2/c1-24-13-10-20-15-19(23)21-14-17-8-4-5-9-18(17)16-22-11-6-2-3-7-12-22/h4-5,8-9,20H,2-3,6-7,10-16H2,1H3,(H,21,23). The molecule has 1 aliphatic rings. The maximum Gasteiger partial charge on any atom is 0.234 e. The molecule has 5 nitrogen and oxygen atoms in total. The minimum Gasteiger partial charge on any atom is -0.383 e. The van der Waals surface area contributed by atoms with E-state index in [4.69, 9.17) is 4.74 Å². The summed E-state index contributed by atoms with van der Waals surface area (Å²) >= 11 is 0. The largest absolute Gasteiger partial charge is 0.383 e. The normalized spacial score (nSPS) is 15.9. The van der Waals surface area contributed by atoms with Crippen molar-refractivity contribution in [2.75, 3.05) is 39.9 Å². The fourth-order valence-electron chi connectivity index (χ4n) is 3.05. The van der Waals surface area contributed by atoms with Crippen molar-refractivity contribution in [1.29, 1.82) is 0 Å². The Morgan fingerprint density at radius 3 is 2.54 bits per heavy atom. The Balaban J connectivity index is 1.81. The van der Waals surface area contributed by atoms with Gasteiger partial charge in [-0.05, 0) is 37.1 Å². The molecule has 1 saturated heterocycles. The van der Waals surface area contributed by atoms with Crippen molar-refractivity contribution in [3.05, 3.63) is 35.4 Å². The van der Waals surface area contributed by atoms with Gasteiger partial charge in [-0.25, -0.2) is 0 Å². The number of hydrogen-bond donors (Lipinski definition) is 2. The van der Waals surface area contributed by atoms with Gasteiger partial charge in [0.15, 0.2) is 0 Å². The maximum absolute atomic E-state index is 11.9. The highest BCUT2D eigenvalue weighted by molar-refractivity contribution is 5.78. The third kappa shape index (κ3) is 6.99. The second-order valence-corrected chi connectivity index (χ2v) is 6.41. The molecule has 1 aliphatic heterocycles. The summed E-state index contributed by atoms with van der Waals surface area (Å²) in [4.78, 5) is 14.4. The van der Waals surface area contributed by atoms with Gasteiger partial charge in [-0.2, -0.15) is 0 Å². The first-order valence-electron chi connectivity index (χ1n) is 9.05. The number of benzene rings is 1. The molecule has 1 aromatic carbocycles. The molecule has 2 N–H and O–H groups in total. The quantitative estimate of drug-likeness (QED) is 0.678. The zero-order valence-corrected chi connectivity index (χ0v) is 14.9. The van der Waals surface area contributed by atoms with E-state index in [0.29, 0.717) is 26.2 Å². The van der Waals surface area contributed by atoms with Gasteiger partial charge in [-0.15, -0.1) is 0 Å². The van der Waals surface area contributed by atoms with Crippen LogP contribution >= 0.6 is 0 Å². The van der Waals surface area contributed by atoms with Crippen LogP contribution in [0, 0.1) is 0 Å². The lowest BCUT2D eigenvalue weighted by Gasteiger charge is -2.21. The minimum absolute atomic E-state index is 0.0238. The van der Waals surface area contributed by atoms with Crippen molar-refractivity contribution in [3.63, 3.8) is 0 Å². The van der Waals surface area contributed by atoms with Gasteiger partial charge >= 0.3 is 0 Å². The van der Waals surface area contributed by atoms with E-state index in [2.05, 4.69) is 33.7 Å². The van der Waals surface area contributed by atoms with Crippen LogP contribution in [-0.4, -0.2) is 50.7 Å². The number of rotatable bonds is 9. The Hall–Kier alpha value is -1.43. The SMILES string of the molecule is COCCNCC(=O)NCc1ccccc1CN1CCCCCC1. The van der Waals surface area contributed by atoms with Crippen molar-refractivity contribution in [3.8, 4) is 0 Å². The summed E-state index contributed by atoms with van der Waals surface area (Å²) in [5.41, 5.74) is 2.54. The van der Waals surface area contributed by atoms with E-state index < -0.39 is 0 Å². The molecule has 0 radical (unpaired) electrons. The number of carbonyl (C=O) groups excluding carboxylic acids is 1. The molecule has 1 aromatic rings. The van der Waals surface area contributed by atoms with E-state index >= 15 is 0 Å². The van der Waals surface area contributed by atoms with Gasteiger partial charge in [-0.1, -0.05) is 37.1 Å². The summed E-state index contributed by atoms with van der Waals surface area (Å²) in [7, 11) is 1.66. The van der Waals surface area contributed by atoms with Gasteiger partial charge in [0, 0.05) is 26.7 Å². The molecule has 0 spiro atoms. The molecule has 0 unspecified atom stereocenters. The number of ether oxygens (including phenoxy) is 1. The number of likely N-dealkylation sites (tertiary alicyclic amines) is 1. The Bertz CT molecular complexity index is 485. The number of nitrogens with one attached hydrogen (secondary N) is 2. The fourth-order valence-corrected chi connectivity index (χ4v) is 3.05. The summed E-state index contributed by atoms with van der Waals surface area (Å²) in [6.45, 7) is 5.58. The number of amides is 1. The van der Waals surface area contributed by atoms with Gasteiger partial charge in [0.2, 0.25) is 5.91 Å². The van der Waals surface area contributed by atoms with E-state index in [-0.39, 0.29) is 5.91 Å². The number of carbonyl (C=O) groups is 1. The van der Waals surface area contributed by atoms with Crippen molar-refractivity contribution < 1.29 is 9.53 Å². The molecule has 0 aromatic heterocycles. The summed E-state index contributed by atoms with van der Waals surface area (Å²) < 4.78 is 4.95. The van der Waals surface area contributed by atoms with Gasteiger partial charge in [0.1, 0.15) is 0 Å². The molecule has 134 valence electrons. The third-order valence-electron chi connectivity index (χ3n) is 4.46. The summed E-state index contributed by atoms with van der Waals surface area (Å²) in [5, 5.41) is 6.07. The fraction of sp³-hybridized carbons (Fsp3) is 0.632. The van der Waals surface area contributed by atoms with Crippen molar-refractivity contribution in [2.45, 2.75) is 38.8 Å². The topological polar surface area (TPSA) is 53.6 Å². The summed E-state index contributed by atoms with van der Waals surface area (Å²) in [6.07, 6.45) is 5.30. The van der Waals surface area contributed by atoms with Crippen LogP contribution in [0.3, 0.4) is 0 Å². The van der Waals surface area contributed by atoms with Crippen LogP contribution in [0.5, 0.6) is 0 Å². The zero-order chi connectivity index (χ0) is 17.0. The lowest BCUT2D eigenvalue weighted by atomic mass is 10.1. The summed E-state index contributed by atoms with van der Waals surface area (Å²) in [6, 6.07) is 8.43. The number of methoxy groups -OCH3 is 1. The minimum atomic E-state index is 0.0238. The monoisotopic (exact) mass is 333 g/mol. The highest BCUT2D eigenvalue weighted by Crippen LogP contribution is 2.16. The zero-order valence-electron chi connectivity index (χ0n) is 14.9. The molecule has 2 rings (SSSR count). The first-order chi connectivity index (χ1) is 11.8. The molecule has 0 aliphatic carbocycles. The Morgan fingerprint density at radius 1 is 1.12 bits per heavy atom. The molecule has 0 saturated carbocycles. The molecule has 0 bridgehead atoms. The van der Waals surface area contributed by atoms with Gasteiger partial charge in [0.05, 0.1) is 13.2 Å². The van der Waals surface area contributed by atoms with Crippen LogP contribution in [-0.2, 0) is 22.6 Å². The number of nitrogens with zero attached hydrogens (tertiary/aromatic N) is 1. The molecular formula is C19H31N3O2. The van der Waals surface area contributed by atoms with Crippen molar-refractivity contribution >= 4 is 5.91 Å².